The summed E-state index contributed by atoms with van der Waals surface area (Å²) in [4.78, 5) is 0. The van der Waals surface area contributed by atoms with Gasteiger partial charge in [-0.25, -0.2) is 0 Å². The Labute approximate surface area is 108 Å². The molecule has 0 saturated carbocycles. The molecule has 1 fully saturated rings. The first kappa shape index (κ1) is 12.8. The number of nitrogens with zero attached hydrogens (tertiary/aromatic N) is 1. The van der Waals surface area contributed by atoms with Gasteiger partial charge in [-0.15, -0.1) is 0 Å². The topological polar surface area (TPSA) is 32.6 Å². The summed E-state index contributed by atoms with van der Waals surface area (Å²) in [7, 11) is 0. The molecule has 2 nitrogen and oxygen atoms in total. The molecule has 1 heterocycles. The van der Waals surface area contributed by atoms with E-state index in [1.54, 1.807) is 0 Å². The van der Waals surface area contributed by atoms with Crippen molar-refractivity contribution in [1.29, 1.82) is 0 Å². The van der Waals surface area contributed by atoms with E-state index < -0.39 is 6.04 Å². The number of hydrogen-bond donors (Lipinski definition) is 1. The van der Waals surface area contributed by atoms with Crippen LogP contribution >= 0.6 is 6.04 Å². The van der Waals surface area contributed by atoms with E-state index in [0.29, 0.717) is 11.6 Å². The van der Waals surface area contributed by atoms with Gasteiger partial charge in [0.25, 0.3) is 0 Å². The molecular formula is C13H18NOPS. The molecule has 4 heteroatoms. The third kappa shape index (κ3) is 2.31. The standard InChI is InChI=1S/C13H18NOPS/c1-10-9-16(17,11(2)8-13(10)14-15)12-6-4-3-5-7-12/h3-7,10-11,15H,8-9H2,1-2H3/b14-13-/t10-,11+,16-/m0/s1. The van der Waals surface area contributed by atoms with Crippen molar-refractivity contribution in [3.05, 3.63) is 30.3 Å². The second-order valence-corrected chi connectivity index (χ2v) is 10.2. The molecular weight excluding hydrogens is 249 g/mol. The molecule has 92 valence electrons. The molecule has 0 bridgehead atoms. The first-order valence-corrected chi connectivity index (χ1v) is 8.98. The van der Waals surface area contributed by atoms with Crippen molar-refractivity contribution < 1.29 is 5.21 Å². The van der Waals surface area contributed by atoms with E-state index in [1.807, 2.05) is 6.07 Å². The molecule has 2 rings (SSSR count). The minimum Gasteiger partial charge on any atom is -0.411 e. The second kappa shape index (κ2) is 4.91. The maximum Gasteiger partial charge on any atom is 0.0609 e. The van der Waals surface area contributed by atoms with Crippen LogP contribution in [0.2, 0.25) is 0 Å². The van der Waals surface area contributed by atoms with Gasteiger partial charge < -0.3 is 5.21 Å². The molecule has 0 aliphatic carbocycles. The van der Waals surface area contributed by atoms with Crippen LogP contribution in [0.4, 0.5) is 0 Å². The summed E-state index contributed by atoms with van der Waals surface area (Å²) in [6.07, 6.45) is 1.82. The molecule has 1 aliphatic heterocycles. The summed E-state index contributed by atoms with van der Waals surface area (Å²) in [5.41, 5.74) is 1.34. The molecule has 1 aromatic carbocycles. The van der Waals surface area contributed by atoms with Gasteiger partial charge in [-0.1, -0.05) is 61.1 Å². The normalized spacial score (nSPS) is 36.0. The van der Waals surface area contributed by atoms with Gasteiger partial charge in [-0.2, -0.15) is 0 Å². The molecule has 1 aliphatic rings. The third-order valence-electron chi connectivity index (χ3n) is 3.65. The van der Waals surface area contributed by atoms with Crippen LogP contribution in [0, 0.1) is 5.92 Å². The van der Waals surface area contributed by atoms with Crippen molar-refractivity contribution >= 4 is 28.9 Å². The minimum absolute atomic E-state index is 0.308. The summed E-state index contributed by atoms with van der Waals surface area (Å²) >= 11 is 6.00. The van der Waals surface area contributed by atoms with Gasteiger partial charge >= 0.3 is 0 Å². The fourth-order valence-electron chi connectivity index (χ4n) is 2.52. The summed E-state index contributed by atoms with van der Waals surface area (Å²) < 4.78 is 0. The monoisotopic (exact) mass is 267 g/mol. The lowest BCUT2D eigenvalue weighted by Crippen LogP contribution is -2.32. The van der Waals surface area contributed by atoms with E-state index in [1.165, 1.54) is 5.30 Å². The van der Waals surface area contributed by atoms with Crippen LogP contribution in [0.5, 0.6) is 0 Å². The maximum absolute atomic E-state index is 8.99. The van der Waals surface area contributed by atoms with Crippen LogP contribution in [-0.4, -0.2) is 22.7 Å². The highest BCUT2D eigenvalue weighted by Crippen LogP contribution is 2.55. The third-order valence-corrected chi connectivity index (χ3v) is 9.68. The zero-order chi connectivity index (χ0) is 12.5. The fraction of sp³-hybridized carbons (Fsp3) is 0.462. The molecule has 1 N–H and O–H groups in total. The summed E-state index contributed by atoms with van der Waals surface area (Å²) in [6.45, 7) is 4.32. The van der Waals surface area contributed by atoms with Crippen molar-refractivity contribution in [2.24, 2.45) is 11.1 Å². The fourth-order valence-corrected chi connectivity index (χ4v) is 7.05. The first-order valence-electron chi connectivity index (χ1n) is 5.93. The molecule has 3 atom stereocenters. The Bertz CT molecular complexity index is 472. The van der Waals surface area contributed by atoms with Gasteiger partial charge in [0.1, 0.15) is 0 Å². The highest BCUT2D eigenvalue weighted by molar-refractivity contribution is 8.18. The number of oxime groups is 1. The van der Waals surface area contributed by atoms with Crippen LogP contribution in [0.25, 0.3) is 0 Å². The summed E-state index contributed by atoms with van der Waals surface area (Å²) in [6, 6.07) is 8.96. The minimum atomic E-state index is -1.52. The molecule has 0 unspecified atom stereocenters. The summed E-state index contributed by atoms with van der Waals surface area (Å²) in [5.74, 6) is 0.308. The highest BCUT2D eigenvalue weighted by atomic mass is 32.4. The van der Waals surface area contributed by atoms with E-state index in [2.05, 4.69) is 43.3 Å². The zero-order valence-corrected chi connectivity index (χ0v) is 11.9. The SMILES string of the molecule is C[C@@H]1C/C(=N/O)[C@@H](C)C[P@@]1(=S)c1ccccc1. The van der Waals surface area contributed by atoms with Crippen molar-refractivity contribution in [2.75, 3.05) is 6.16 Å². The van der Waals surface area contributed by atoms with Crippen molar-refractivity contribution in [3.63, 3.8) is 0 Å². The number of hydrogen-bond acceptors (Lipinski definition) is 3. The van der Waals surface area contributed by atoms with Crippen LogP contribution in [0.3, 0.4) is 0 Å². The van der Waals surface area contributed by atoms with E-state index in [9.17, 15) is 0 Å². The van der Waals surface area contributed by atoms with Gasteiger partial charge in [0, 0.05) is 5.92 Å². The van der Waals surface area contributed by atoms with E-state index >= 15 is 0 Å². The Balaban J connectivity index is 2.37. The van der Waals surface area contributed by atoms with Crippen LogP contribution in [0.1, 0.15) is 20.3 Å². The average Bonchev–Trinajstić information content (AvgIpc) is 2.35. The predicted octanol–water partition coefficient (Wildman–Crippen LogP) is 3.05. The molecule has 0 radical (unpaired) electrons. The molecule has 0 aromatic heterocycles. The van der Waals surface area contributed by atoms with Crippen molar-refractivity contribution in [1.82, 2.24) is 0 Å². The lowest BCUT2D eigenvalue weighted by molar-refractivity contribution is 0.314. The van der Waals surface area contributed by atoms with Gasteiger partial charge in [-0.3, -0.25) is 0 Å². The Morgan fingerprint density at radius 1 is 1.29 bits per heavy atom. The second-order valence-electron chi connectivity index (χ2n) is 4.86. The number of rotatable bonds is 1. The molecule has 17 heavy (non-hydrogen) atoms. The average molecular weight is 267 g/mol. The first-order chi connectivity index (χ1) is 8.08. The van der Waals surface area contributed by atoms with Crippen molar-refractivity contribution in [3.8, 4) is 0 Å². The van der Waals surface area contributed by atoms with E-state index in [0.717, 1.165) is 18.3 Å². The van der Waals surface area contributed by atoms with Crippen molar-refractivity contribution in [2.45, 2.75) is 25.9 Å². The molecule has 0 amide bonds. The van der Waals surface area contributed by atoms with Gasteiger partial charge in [0.05, 0.1) is 5.71 Å². The quantitative estimate of drug-likeness (QED) is 0.482. The molecule has 1 aromatic rings. The van der Waals surface area contributed by atoms with Gasteiger partial charge in [0.2, 0.25) is 0 Å². The summed E-state index contributed by atoms with van der Waals surface area (Å²) in [5, 5.41) is 13.7. The Hall–Kier alpha value is -0.660. The van der Waals surface area contributed by atoms with Crippen LogP contribution in [-0.2, 0) is 11.8 Å². The Kier molecular flexibility index (Phi) is 3.70. The van der Waals surface area contributed by atoms with Gasteiger partial charge in [0.15, 0.2) is 0 Å². The molecule has 1 saturated heterocycles. The number of benzene rings is 1. The highest BCUT2D eigenvalue weighted by Gasteiger charge is 2.36. The van der Waals surface area contributed by atoms with Crippen LogP contribution < -0.4 is 5.30 Å². The lowest BCUT2D eigenvalue weighted by Gasteiger charge is -2.37. The largest absolute Gasteiger partial charge is 0.411 e. The van der Waals surface area contributed by atoms with E-state index in [-0.39, 0.29) is 0 Å². The maximum atomic E-state index is 8.99. The predicted molar refractivity (Wildman–Crippen MR) is 77.7 cm³/mol. The zero-order valence-electron chi connectivity index (χ0n) is 10.2. The Morgan fingerprint density at radius 2 is 1.94 bits per heavy atom. The van der Waals surface area contributed by atoms with Crippen LogP contribution in [0.15, 0.2) is 35.5 Å². The molecule has 0 spiro atoms. The van der Waals surface area contributed by atoms with E-state index in [4.69, 9.17) is 17.0 Å². The Morgan fingerprint density at radius 3 is 2.53 bits per heavy atom. The van der Waals surface area contributed by atoms with Gasteiger partial charge in [-0.05, 0) is 29.6 Å². The lowest BCUT2D eigenvalue weighted by atomic mass is 10.0. The smallest absolute Gasteiger partial charge is 0.0609 e.